The first-order valence-corrected chi connectivity index (χ1v) is 11.0. The number of amides is 3. The monoisotopic (exact) mass is 450 g/mol. The fourth-order valence-electron chi connectivity index (χ4n) is 4.25. The van der Waals surface area contributed by atoms with Gasteiger partial charge in [-0.2, -0.15) is 0 Å². The van der Waals surface area contributed by atoms with Crippen LogP contribution in [0.25, 0.3) is 0 Å². The quantitative estimate of drug-likeness (QED) is 0.661. The fourth-order valence-corrected chi connectivity index (χ4v) is 4.25. The third-order valence-electron chi connectivity index (χ3n) is 6.08. The third kappa shape index (κ3) is 4.72. The standard InChI is InChI=1S/C24H26N4O5/c1-33-24(32)19-8-9-20(25-16-19)23(31)28-13-5-12-27(28)22(30)18-10-14-26(15-11-18)21(29)17-6-3-2-4-7-17/h2-4,6-9,16,18H,5,10-15H2,1H3. The number of methoxy groups -OCH3 is 1. The van der Waals surface area contributed by atoms with E-state index in [1.165, 1.54) is 35.5 Å². The van der Waals surface area contributed by atoms with Crippen LogP contribution in [0.3, 0.4) is 0 Å². The Hall–Kier alpha value is -3.75. The predicted molar refractivity (Wildman–Crippen MR) is 118 cm³/mol. The lowest BCUT2D eigenvalue weighted by atomic mass is 9.95. The molecule has 0 saturated carbocycles. The lowest BCUT2D eigenvalue weighted by molar-refractivity contribution is -0.146. The fraction of sp³-hybridized carbons (Fsp3) is 0.375. The van der Waals surface area contributed by atoms with Crippen LogP contribution in [0.5, 0.6) is 0 Å². The number of piperidine rings is 1. The smallest absolute Gasteiger partial charge is 0.339 e. The van der Waals surface area contributed by atoms with Crippen LogP contribution in [0.1, 0.15) is 50.5 Å². The Kier molecular flexibility index (Phi) is 6.67. The molecule has 0 spiro atoms. The number of pyridine rings is 1. The SMILES string of the molecule is COC(=O)c1ccc(C(=O)N2CCCN2C(=O)C2CCN(C(=O)c3ccccc3)CC2)nc1. The Labute approximate surface area is 191 Å². The van der Waals surface area contributed by atoms with Crippen molar-refractivity contribution in [2.45, 2.75) is 19.3 Å². The summed E-state index contributed by atoms with van der Waals surface area (Å²) in [5, 5.41) is 2.95. The third-order valence-corrected chi connectivity index (χ3v) is 6.08. The number of hydrogen-bond acceptors (Lipinski definition) is 6. The molecule has 9 heteroatoms. The summed E-state index contributed by atoms with van der Waals surface area (Å²) in [4.78, 5) is 56.3. The van der Waals surface area contributed by atoms with E-state index in [1.807, 2.05) is 18.2 Å². The number of carbonyl (C=O) groups is 4. The van der Waals surface area contributed by atoms with E-state index in [0.717, 1.165) is 0 Å². The topological polar surface area (TPSA) is 100 Å². The summed E-state index contributed by atoms with van der Waals surface area (Å²) >= 11 is 0. The van der Waals surface area contributed by atoms with Gasteiger partial charge in [-0.3, -0.25) is 24.4 Å². The molecule has 2 aliphatic heterocycles. The maximum absolute atomic E-state index is 13.2. The molecule has 0 radical (unpaired) electrons. The van der Waals surface area contributed by atoms with E-state index in [1.54, 1.807) is 17.0 Å². The van der Waals surface area contributed by atoms with Gasteiger partial charge in [-0.05, 0) is 43.5 Å². The van der Waals surface area contributed by atoms with Crippen molar-refractivity contribution in [2.75, 3.05) is 33.3 Å². The van der Waals surface area contributed by atoms with Crippen molar-refractivity contribution in [3.05, 3.63) is 65.5 Å². The second-order valence-corrected chi connectivity index (χ2v) is 8.10. The Morgan fingerprint density at radius 1 is 0.848 bits per heavy atom. The van der Waals surface area contributed by atoms with Crippen LogP contribution in [0.15, 0.2) is 48.7 Å². The van der Waals surface area contributed by atoms with Gasteiger partial charge in [-0.1, -0.05) is 18.2 Å². The number of ether oxygens (including phenoxy) is 1. The number of rotatable bonds is 4. The second kappa shape index (κ2) is 9.81. The molecule has 0 atom stereocenters. The molecule has 1 aromatic carbocycles. The normalized spacial score (nSPS) is 16.6. The number of carbonyl (C=O) groups excluding carboxylic acids is 4. The Morgan fingerprint density at radius 2 is 1.55 bits per heavy atom. The molecule has 0 unspecified atom stereocenters. The van der Waals surface area contributed by atoms with E-state index >= 15 is 0 Å². The Bertz CT molecular complexity index is 1030. The molecule has 2 aromatic rings. The first kappa shape index (κ1) is 22.4. The molecule has 33 heavy (non-hydrogen) atoms. The number of nitrogens with zero attached hydrogens (tertiary/aromatic N) is 4. The van der Waals surface area contributed by atoms with Crippen LogP contribution in [-0.4, -0.2) is 76.9 Å². The van der Waals surface area contributed by atoms with Gasteiger partial charge in [0.05, 0.1) is 12.7 Å². The Balaban J connectivity index is 1.37. The van der Waals surface area contributed by atoms with Gasteiger partial charge in [-0.25, -0.2) is 9.80 Å². The van der Waals surface area contributed by atoms with Crippen LogP contribution in [0.4, 0.5) is 0 Å². The van der Waals surface area contributed by atoms with Crippen molar-refractivity contribution in [2.24, 2.45) is 5.92 Å². The molecule has 4 rings (SSSR count). The van der Waals surface area contributed by atoms with Gasteiger partial charge in [0.1, 0.15) is 5.69 Å². The summed E-state index contributed by atoms with van der Waals surface area (Å²) in [7, 11) is 1.27. The number of esters is 1. The molecular weight excluding hydrogens is 424 g/mol. The lowest BCUT2D eigenvalue weighted by Gasteiger charge is -2.35. The maximum Gasteiger partial charge on any atom is 0.339 e. The first-order valence-electron chi connectivity index (χ1n) is 11.0. The number of aromatic nitrogens is 1. The zero-order valence-corrected chi connectivity index (χ0v) is 18.5. The minimum Gasteiger partial charge on any atom is -0.465 e. The van der Waals surface area contributed by atoms with Crippen LogP contribution in [-0.2, 0) is 9.53 Å². The average Bonchev–Trinajstić information content (AvgIpc) is 3.37. The van der Waals surface area contributed by atoms with E-state index in [-0.39, 0.29) is 34.9 Å². The highest BCUT2D eigenvalue weighted by molar-refractivity contribution is 5.96. The summed E-state index contributed by atoms with van der Waals surface area (Å²) in [5.41, 5.74) is 1.05. The van der Waals surface area contributed by atoms with Gasteiger partial charge in [0.25, 0.3) is 11.8 Å². The molecule has 9 nitrogen and oxygen atoms in total. The van der Waals surface area contributed by atoms with Gasteiger partial charge in [-0.15, -0.1) is 0 Å². The molecule has 2 saturated heterocycles. The van der Waals surface area contributed by atoms with Crippen molar-refractivity contribution in [3.8, 4) is 0 Å². The molecule has 172 valence electrons. The van der Waals surface area contributed by atoms with Crippen molar-refractivity contribution >= 4 is 23.7 Å². The molecule has 0 bridgehead atoms. The summed E-state index contributed by atoms with van der Waals surface area (Å²) in [6, 6.07) is 12.1. The van der Waals surface area contributed by atoms with Crippen molar-refractivity contribution in [1.82, 2.24) is 19.9 Å². The first-order chi connectivity index (χ1) is 16.0. The van der Waals surface area contributed by atoms with Gasteiger partial charge < -0.3 is 9.64 Å². The molecule has 2 fully saturated rings. The zero-order valence-electron chi connectivity index (χ0n) is 18.5. The summed E-state index contributed by atoms with van der Waals surface area (Å²) in [6.07, 6.45) is 3.09. The highest BCUT2D eigenvalue weighted by Crippen LogP contribution is 2.25. The highest BCUT2D eigenvalue weighted by Gasteiger charge is 2.37. The minimum atomic E-state index is -0.531. The largest absolute Gasteiger partial charge is 0.465 e. The number of benzene rings is 1. The van der Waals surface area contributed by atoms with E-state index in [2.05, 4.69) is 9.72 Å². The van der Waals surface area contributed by atoms with Crippen molar-refractivity contribution < 1.29 is 23.9 Å². The van der Waals surface area contributed by atoms with Gasteiger partial charge in [0.15, 0.2) is 0 Å². The predicted octanol–water partition coefficient (Wildman–Crippen LogP) is 2.01. The summed E-state index contributed by atoms with van der Waals surface area (Å²) in [5.74, 6) is -1.28. The zero-order chi connectivity index (χ0) is 23.4. The van der Waals surface area contributed by atoms with Crippen molar-refractivity contribution in [1.29, 1.82) is 0 Å². The molecular formula is C24H26N4O5. The molecule has 3 amide bonds. The second-order valence-electron chi connectivity index (χ2n) is 8.10. The summed E-state index contributed by atoms with van der Waals surface area (Å²) in [6.45, 7) is 1.90. The molecule has 2 aliphatic rings. The van der Waals surface area contributed by atoms with Crippen LogP contribution in [0, 0.1) is 5.92 Å². The molecule has 1 aromatic heterocycles. The van der Waals surface area contributed by atoms with Crippen LogP contribution in [0.2, 0.25) is 0 Å². The minimum absolute atomic E-state index is 0.0269. The number of hydrazine groups is 1. The van der Waals surface area contributed by atoms with E-state index in [0.29, 0.717) is 51.0 Å². The Morgan fingerprint density at radius 3 is 2.18 bits per heavy atom. The van der Waals surface area contributed by atoms with Crippen LogP contribution < -0.4 is 0 Å². The van der Waals surface area contributed by atoms with Gasteiger partial charge in [0.2, 0.25) is 5.91 Å². The van der Waals surface area contributed by atoms with E-state index < -0.39 is 5.97 Å². The van der Waals surface area contributed by atoms with E-state index in [9.17, 15) is 19.2 Å². The number of hydrogen-bond donors (Lipinski definition) is 0. The summed E-state index contributed by atoms with van der Waals surface area (Å²) < 4.78 is 4.65. The average molecular weight is 450 g/mol. The number of likely N-dealkylation sites (tertiary alicyclic amines) is 1. The molecule has 0 N–H and O–H groups in total. The lowest BCUT2D eigenvalue weighted by Crippen LogP contribution is -2.50. The molecule has 0 aliphatic carbocycles. The molecule has 3 heterocycles. The van der Waals surface area contributed by atoms with Crippen LogP contribution >= 0.6 is 0 Å². The van der Waals surface area contributed by atoms with Gasteiger partial charge >= 0.3 is 5.97 Å². The van der Waals surface area contributed by atoms with Gasteiger partial charge in [0, 0.05) is 43.9 Å². The van der Waals surface area contributed by atoms with E-state index in [4.69, 9.17) is 0 Å². The maximum atomic E-state index is 13.2. The van der Waals surface area contributed by atoms with Crippen molar-refractivity contribution in [3.63, 3.8) is 0 Å². The highest BCUT2D eigenvalue weighted by atomic mass is 16.5.